The summed E-state index contributed by atoms with van der Waals surface area (Å²) in [6.45, 7) is 1.28. The van der Waals surface area contributed by atoms with Crippen molar-refractivity contribution in [3.8, 4) is 11.1 Å². The van der Waals surface area contributed by atoms with Crippen LogP contribution in [0.2, 0.25) is 0 Å². The number of aromatic nitrogens is 2. The van der Waals surface area contributed by atoms with Gasteiger partial charge in [0.2, 0.25) is 0 Å². The highest BCUT2D eigenvalue weighted by Crippen LogP contribution is 2.17. The molecular formula is C17H18N2O2S. The smallest absolute Gasteiger partial charge is 0.0969 e. The Morgan fingerprint density at radius 3 is 2.77 bits per heavy atom. The highest BCUT2D eigenvalue weighted by Gasteiger charge is 2.08. The number of aliphatic hydroxyl groups is 1. The van der Waals surface area contributed by atoms with Crippen LogP contribution in [0.15, 0.2) is 60.2 Å². The van der Waals surface area contributed by atoms with Crippen molar-refractivity contribution in [2.75, 3.05) is 6.61 Å². The SMILES string of the molecule is O[C@H](COCc1cccs1)Cn1cc(-c2ccccc2)cn1. The first-order valence-electron chi connectivity index (χ1n) is 7.17. The van der Waals surface area contributed by atoms with Crippen molar-refractivity contribution in [1.82, 2.24) is 9.78 Å². The zero-order valence-corrected chi connectivity index (χ0v) is 12.9. The standard InChI is InChI=1S/C17H18N2O2S/c20-16(12-21-13-17-7-4-8-22-17)11-19-10-15(9-18-19)14-5-2-1-3-6-14/h1-10,16,20H,11-13H2/t16-/m0/s1. The fourth-order valence-electron chi connectivity index (χ4n) is 2.20. The van der Waals surface area contributed by atoms with Crippen LogP contribution in [0.5, 0.6) is 0 Å². The number of thiophene rings is 1. The predicted octanol–water partition coefficient (Wildman–Crippen LogP) is 3.19. The second-order valence-electron chi connectivity index (χ2n) is 5.07. The average molecular weight is 314 g/mol. The first-order valence-corrected chi connectivity index (χ1v) is 8.05. The second kappa shape index (κ2) is 7.35. The van der Waals surface area contributed by atoms with Crippen LogP contribution in [-0.4, -0.2) is 27.6 Å². The zero-order chi connectivity index (χ0) is 15.2. The lowest BCUT2D eigenvalue weighted by Crippen LogP contribution is -2.22. The van der Waals surface area contributed by atoms with E-state index >= 15 is 0 Å². The third-order valence-corrected chi connectivity index (χ3v) is 4.12. The fraction of sp³-hybridized carbons (Fsp3) is 0.235. The molecule has 1 aromatic carbocycles. The molecule has 0 spiro atoms. The summed E-state index contributed by atoms with van der Waals surface area (Å²) in [5.41, 5.74) is 2.17. The molecule has 5 heteroatoms. The minimum absolute atomic E-state index is 0.304. The molecule has 1 atom stereocenters. The molecule has 0 aliphatic carbocycles. The lowest BCUT2D eigenvalue weighted by molar-refractivity contribution is 0.0196. The molecule has 0 fully saturated rings. The number of aliphatic hydroxyl groups excluding tert-OH is 1. The van der Waals surface area contributed by atoms with Crippen LogP contribution in [0.3, 0.4) is 0 Å². The van der Waals surface area contributed by atoms with Crippen molar-refractivity contribution in [2.24, 2.45) is 0 Å². The van der Waals surface area contributed by atoms with Crippen molar-refractivity contribution < 1.29 is 9.84 Å². The molecule has 0 amide bonds. The maximum Gasteiger partial charge on any atom is 0.0969 e. The van der Waals surface area contributed by atoms with Gasteiger partial charge in [0.25, 0.3) is 0 Å². The van der Waals surface area contributed by atoms with E-state index in [-0.39, 0.29) is 0 Å². The largest absolute Gasteiger partial charge is 0.389 e. The summed E-state index contributed by atoms with van der Waals surface area (Å²) < 4.78 is 7.27. The van der Waals surface area contributed by atoms with E-state index in [1.165, 1.54) is 0 Å². The van der Waals surface area contributed by atoms with Gasteiger partial charge in [-0.2, -0.15) is 5.10 Å². The molecule has 2 heterocycles. The lowest BCUT2D eigenvalue weighted by Gasteiger charge is -2.10. The molecule has 0 bridgehead atoms. The monoisotopic (exact) mass is 314 g/mol. The van der Waals surface area contributed by atoms with E-state index in [0.717, 1.165) is 16.0 Å². The normalized spacial score (nSPS) is 12.4. The zero-order valence-electron chi connectivity index (χ0n) is 12.1. The maximum absolute atomic E-state index is 10.0. The Morgan fingerprint density at radius 2 is 2.00 bits per heavy atom. The Labute approximate surface area is 133 Å². The van der Waals surface area contributed by atoms with Gasteiger partial charge in [-0.05, 0) is 17.0 Å². The molecule has 4 nitrogen and oxygen atoms in total. The minimum Gasteiger partial charge on any atom is -0.389 e. The van der Waals surface area contributed by atoms with Gasteiger partial charge in [0.1, 0.15) is 0 Å². The fourth-order valence-corrected chi connectivity index (χ4v) is 2.84. The van der Waals surface area contributed by atoms with E-state index in [2.05, 4.69) is 5.10 Å². The first kappa shape index (κ1) is 15.0. The Balaban J connectivity index is 1.49. The molecule has 0 saturated carbocycles. The highest BCUT2D eigenvalue weighted by atomic mass is 32.1. The summed E-state index contributed by atoms with van der Waals surface area (Å²) in [4.78, 5) is 1.16. The van der Waals surface area contributed by atoms with Crippen LogP contribution in [0.25, 0.3) is 11.1 Å². The molecule has 1 N–H and O–H groups in total. The van der Waals surface area contributed by atoms with Crippen LogP contribution >= 0.6 is 11.3 Å². The van der Waals surface area contributed by atoms with Gasteiger partial charge in [-0.3, -0.25) is 4.68 Å². The van der Waals surface area contributed by atoms with Gasteiger partial charge in [0.15, 0.2) is 0 Å². The average Bonchev–Trinajstić information content (AvgIpc) is 3.20. The summed E-state index contributed by atoms with van der Waals surface area (Å²) in [5, 5.41) is 16.3. The van der Waals surface area contributed by atoms with Crippen LogP contribution in [0.4, 0.5) is 0 Å². The Kier molecular flexibility index (Phi) is 5.00. The predicted molar refractivity (Wildman–Crippen MR) is 87.6 cm³/mol. The van der Waals surface area contributed by atoms with E-state index in [0.29, 0.717) is 19.8 Å². The van der Waals surface area contributed by atoms with Gasteiger partial charge in [0.05, 0.1) is 32.1 Å². The van der Waals surface area contributed by atoms with Gasteiger partial charge < -0.3 is 9.84 Å². The second-order valence-corrected chi connectivity index (χ2v) is 6.10. The van der Waals surface area contributed by atoms with Gasteiger partial charge in [0, 0.05) is 16.6 Å². The van der Waals surface area contributed by atoms with Crippen LogP contribution < -0.4 is 0 Å². The van der Waals surface area contributed by atoms with Crippen LogP contribution in [-0.2, 0) is 17.9 Å². The molecule has 114 valence electrons. The third-order valence-electron chi connectivity index (χ3n) is 3.27. The number of hydrogen-bond donors (Lipinski definition) is 1. The van der Waals surface area contributed by atoms with Gasteiger partial charge in [-0.25, -0.2) is 0 Å². The van der Waals surface area contributed by atoms with Crippen molar-refractivity contribution in [3.05, 3.63) is 65.1 Å². The summed E-state index contributed by atoms with van der Waals surface area (Å²) in [6.07, 6.45) is 3.19. The molecule has 22 heavy (non-hydrogen) atoms. The van der Waals surface area contributed by atoms with Gasteiger partial charge >= 0.3 is 0 Å². The van der Waals surface area contributed by atoms with Crippen LogP contribution in [0, 0.1) is 0 Å². The van der Waals surface area contributed by atoms with Crippen molar-refractivity contribution in [3.63, 3.8) is 0 Å². The van der Waals surface area contributed by atoms with E-state index < -0.39 is 6.10 Å². The molecule has 0 radical (unpaired) electrons. The number of ether oxygens (including phenoxy) is 1. The summed E-state index contributed by atoms with van der Waals surface area (Å²) in [7, 11) is 0. The third kappa shape index (κ3) is 4.04. The lowest BCUT2D eigenvalue weighted by atomic mass is 10.1. The summed E-state index contributed by atoms with van der Waals surface area (Å²) >= 11 is 1.66. The van der Waals surface area contributed by atoms with Crippen LogP contribution in [0.1, 0.15) is 4.88 Å². The molecule has 2 aromatic heterocycles. The molecular weight excluding hydrogens is 296 g/mol. The van der Waals surface area contributed by atoms with Gasteiger partial charge in [-0.15, -0.1) is 11.3 Å². The van der Waals surface area contributed by atoms with Crippen molar-refractivity contribution >= 4 is 11.3 Å². The first-order chi connectivity index (χ1) is 10.8. The minimum atomic E-state index is -0.566. The molecule has 3 aromatic rings. The van der Waals surface area contributed by atoms with E-state index in [4.69, 9.17) is 4.74 Å². The Morgan fingerprint density at radius 1 is 1.14 bits per heavy atom. The number of hydrogen-bond acceptors (Lipinski definition) is 4. The topological polar surface area (TPSA) is 47.3 Å². The molecule has 0 saturated heterocycles. The van der Waals surface area contributed by atoms with E-state index in [9.17, 15) is 5.11 Å². The molecule has 0 aliphatic heterocycles. The number of nitrogens with zero attached hydrogens (tertiary/aromatic N) is 2. The van der Waals surface area contributed by atoms with Crippen molar-refractivity contribution in [2.45, 2.75) is 19.3 Å². The van der Waals surface area contributed by atoms with Gasteiger partial charge in [-0.1, -0.05) is 36.4 Å². The summed E-state index contributed by atoms with van der Waals surface area (Å²) in [6, 6.07) is 14.1. The number of benzene rings is 1. The highest BCUT2D eigenvalue weighted by molar-refractivity contribution is 7.09. The molecule has 3 rings (SSSR count). The molecule has 0 unspecified atom stereocenters. The Hall–Kier alpha value is -1.95. The van der Waals surface area contributed by atoms with Crippen molar-refractivity contribution in [1.29, 1.82) is 0 Å². The van der Waals surface area contributed by atoms with E-state index in [1.54, 1.807) is 16.0 Å². The Bertz CT molecular complexity index is 680. The summed E-state index contributed by atoms with van der Waals surface area (Å²) in [5.74, 6) is 0. The molecule has 0 aliphatic rings. The number of rotatable bonds is 7. The quantitative estimate of drug-likeness (QED) is 0.728. The van der Waals surface area contributed by atoms with E-state index in [1.807, 2.05) is 60.2 Å². The maximum atomic E-state index is 10.0.